The standard InChI is InChI=1S/C22H25Cl2N3O3S/c1-30-12-17(26-22(29)19-8-9-20(24)31-19)21(28)25-14-4-7-18(16(23)10-14)27-11-13-2-5-15(27)6-3-13/h4,7-10,13,15,17H,2-3,5-6,11-12H2,1H3,(H,25,28)(H,26,29). The van der Waals surface area contributed by atoms with Gasteiger partial charge in [0.1, 0.15) is 6.04 Å². The van der Waals surface area contributed by atoms with Gasteiger partial charge in [-0.25, -0.2) is 0 Å². The fourth-order valence-electron chi connectivity index (χ4n) is 4.42. The van der Waals surface area contributed by atoms with Gasteiger partial charge in [-0.3, -0.25) is 9.59 Å². The smallest absolute Gasteiger partial charge is 0.262 e. The summed E-state index contributed by atoms with van der Waals surface area (Å²) < 4.78 is 5.63. The number of nitrogens with zero attached hydrogens (tertiary/aromatic N) is 1. The SMILES string of the molecule is COCC(NC(=O)c1ccc(Cl)s1)C(=O)Nc1ccc(N2CC3CCC2CC3)c(Cl)c1. The maximum atomic E-state index is 12.8. The second-order valence-corrected chi connectivity index (χ2v) is 10.2. The Labute approximate surface area is 195 Å². The van der Waals surface area contributed by atoms with E-state index >= 15 is 0 Å². The molecule has 9 heteroatoms. The summed E-state index contributed by atoms with van der Waals surface area (Å²) in [6.07, 6.45) is 5.04. The van der Waals surface area contributed by atoms with Crippen LogP contribution in [-0.2, 0) is 9.53 Å². The van der Waals surface area contributed by atoms with Crippen molar-refractivity contribution in [3.8, 4) is 0 Å². The Morgan fingerprint density at radius 1 is 1.19 bits per heavy atom. The summed E-state index contributed by atoms with van der Waals surface area (Å²) in [5.74, 6) is -0.00147. The normalized spacial score (nSPS) is 21.1. The first-order valence-corrected chi connectivity index (χ1v) is 11.9. The Balaban J connectivity index is 1.42. The van der Waals surface area contributed by atoms with Crippen LogP contribution in [0.4, 0.5) is 11.4 Å². The molecule has 2 aromatic rings. The van der Waals surface area contributed by atoms with Gasteiger partial charge in [0.05, 0.1) is 26.5 Å². The fourth-order valence-corrected chi connectivity index (χ4v) is 5.66. The van der Waals surface area contributed by atoms with Crippen LogP contribution in [0.1, 0.15) is 35.4 Å². The Bertz CT molecular complexity index is 959. The number of hydrogen-bond donors (Lipinski definition) is 2. The minimum atomic E-state index is -0.852. The summed E-state index contributed by atoms with van der Waals surface area (Å²) in [5.41, 5.74) is 1.60. The number of piperidine rings is 2. The van der Waals surface area contributed by atoms with E-state index in [0.29, 0.717) is 26.0 Å². The van der Waals surface area contributed by atoms with Crippen LogP contribution in [0.3, 0.4) is 0 Å². The van der Waals surface area contributed by atoms with Gasteiger partial charge in [-0.2, -0.15) is 0 Å². The molecule has 2 amide bonds. The van der Waals surface area contributed by atoms with Crippen LogP contribution in [-0.4, -0.2) is 44.2 Å². The average Bonchev–Trinajstić information content (AvgIpc) is 3.21. The van der Waals surface area contributed by atoms with E-state index in [1.807, 2.05) is 12.1 Å². The molecule has 5 rings (SSSR count). The van der Waals surface area contributed by atoms with Crippen LogP contribution in [0, 0.1) is 5.92 Å². The third-order valence-corrected chi connectivity index (χ3v) is 7.52. The zero-order valence-corrected chi connectivity index (χ0v) is 19.5. The molecule has 1 aliphatic carbocycles. The number of amides is 2. The molecular weight excluding hydrogens is 457 g/mol. The van der Waals surface area contributed by atoms with E-state index in [4.69, 9.17) is 27.9 Å². The predicted octanol–water partition coefficient (Wildman–Crippen LogP) is 4.82. The van der Waals surface area contributed by atoms with Crippen LogP contribution in [0.15, 0.2) is 30.3 Å². The third-order valence-electron chi connectivity index (χ3n) is 5.99. The number of halogens is 2. The summed E-state index contributed by atoms with van der Waals surface area (Å²) in [4.78, 5) is 28.1. The number of methoxy groups -OCH3 is 1. The molecule has 1 atom stereocenters. The number of carbonyl (C=O) groups is 2. The Morgan fingerprint density at radius 2 is 1.97 bits per heavy atom. The third kappa shape index (κ3) is 5.17. The lowest BCUT2D eigenvalue weighted by Crippen LogP contribution is -2.48. The Morgan fingerprint density at radius 3 is 2.55 bits per heavy atom. The van der Waals surface area contributed by atoms with Crippen LogP contribution < -0.4 is 15.5 Å². The van der Waals surface area contributed by atoms with Crippen LogP contribution in [0.2, 0.25) is 9.36 Å². The molecule has 1 unspecified atom stereocenters. The van der Waals surface area contributed by atoms with Gasteiger partial charge >= 0.3 is 0 Å². The molecule has 31 heavy (non-hydrogen) atoms. The van der Waals surface area contributed by atoms with E-state index < -0.39 is 6.04 Å². The van der Waals surface area contributed by atoms with Gasteiger partial charge in [-0.15, -0.1) is 11.3 Å². The second kappa shape index (κ2) is 9.77. The van der Waals surface area contributed by atoms with E-state index in [1.165, 1.54) is 32.8 Å². The number of anilines is 2. The molecule has 0 radical (unpaired) electrons. The summed E-state index contributed by atoms with van der Waals surface area (Å²) >= 11 is 13.6. The molecule has 2 N–H and O–H groups in total. The highest BCUT2D eigenvalue weighted by Gasteiger charge is 2.34. The highest BCUT2D eigenvalue weighted by molar-refractivity contribution is 7.18. The van der Waals surface area contributed by atoms with Crippen molar-refractivity contribution in [1.82, 2.24) is 5.32 Å². The quantitative estimate of drug-likeness (QED) is 0.594. The van der Waals surface area contributed by atoms with Crippen LogP contribution in [0.25, 0.3) is 0 Å². The zero-order valence-electron chi connectivity index (χ0n) is 17.2. The van der Waals surface area contributed by atoms with Crippen molar-refractivity contribution in [3.63, 3.8) is 0 Å². The molecule has 166 valence electrons. The van der Waals surface area contributed by atoms with E-state index in [1.54, 1.807) is 18.2 Å². The minimum Gasteiger partial charge on any atom is -0.382 e. The van der Waals surface area contributed by atoms with Crippen molar-refractivity contribution in [2.75, 3.05) is 30.5 Å². The molecule has 2 aliphatic heterocycles. The maximum absolute atomic E-state index is 12.8. The lowest BCUT2D eigenvalue weighted by Gasteiger charge is -2.47. The minimum absolute atomic E-state index is 0.0410. The van der Waals surface area contributed by atoms with Gasteiger partial charge in [0.15, 0.2) is 0 Å². The first-order valence-electron chi connectivity index (χ1n) is 10.4. The number of carbonyl (C=O) groups excluding carboxylic acids is 2. The Kier molecular flexibility index (Phi) is 7.06. The molecule has 2 bridgehead atoms. The molecule has 1 aromatic carbocycles. The van der Waals surface area contributed by atoms with Gasteiger partial charge in [-0.05, 0) is 61.9 Å². The van der Waals surface area contributed by atoms with Crippen molar-refractivity contribution in [2.24, 2.45) is 5.92 Å². The number of hydrogen-bond acceptors (Lipinski definition) is 5. The molecule has 6 nitrogen and oxygen atoms in total. The molecule has 1 aromatic heterocycles. The number of benzene rings is 1. The van der Waals surface area contributed by atoms with E-state index in [-0.39, 0.29) is 18.4 Å². The van der Waals surface area contributed by atoms with Crippen LogP contribution in [0.5, 0.6) is 0 Å². The molecule has 1 saturated carbocycles. The highest BCUT2D eigenvalue weighted by Crippen LogP contribution is 2.40. The number of ether oxygens (including phenoxy) is 1. The Hall–Kier alpha value is -1.80. The molecular formula is C22H25Cl2N3O3S. The monoisotopic (exact) mass is 481 g/mol. The fraction of sp³-hybridized carbons (Fsp3) is 0.455. The summed E-state index contributed by atoms with van der Waals surface area (Å²) in [6, 6.07) is 8.55. The second-order valence-electron chi connectivity index (χ2n) is 8.07. The number of rotatable bonds is 7. The van der Waals surface area contributed by atoms with Gasteiger partial charge in [-0.1, -0.05) is 23.2 Å². The van der Waals surface area contributed by atoms with Gasteiger partial charge < -0.3 is 20.3 Å². The number of thiophene rings is 1. The summed E-state index contributed by atoms with van der Waals surface area (Å²) in [6.45, 7) is 1.09. The number of nitrogens with one attached hydrogen (secondary N) is 2. The highest BCUT2D eigenvalue weighted by atomic mass is 35.5. The van der Waals surface area contributed by atoms with E-state index in [2.05, 4.69) is 15.5 Å². The van der Waals surface area contributed by atoms with Gasteiger partial charge in [0, 0.05) is 25.4 Å². The van der Waals surface area contributed by atoms with Crippen molar-refractivity contribution < 1.29 is 14.3 Å². The van der Waals surface area contributed by atoms with E-state index in [0.717, 1.165) is 29.5 Å². The zero-order chi connectivity index (χ0) is 22.0. The molecule has 3 heterocycles. The first kappa shape index (κ1) is 22.4. The number of fused-ring (bicyclic) bond motifs is 3. The van der Waals surface area contributed by atoms with Gasteiger partial charge in [0.2, 0.25) is 5.91 Å². The van der Waals surface area contributed by atoms with Crippen molar-refractivity contribution in [2.45, 2.75) is 37.8 Å². The van der Waals surface area contributed by atoms with Crippen molar-refractivity contribution in [3.05, 3.63) is 44.6 Å². The first-order chi connectivity index (χ1) is 14.9. The molecule has 3 aliphatic rings. The maximum Gasteiger partial charge on any atom is 0.262 e. The lowest BCUT2D eigenvalue weighted by atomic mass is 9.79. The summed E-state index contributed by atoms with van der Waals surface area (Å²) in [7, 11) is 1.48. The average molecular weight is 482 g/mol. The summed E-state index contributed by atoms with van der Waals surface area (Å²) in [5, 5.41) is 6.15. The largest absolute Gasteiger partial charge is 0.382 e. The van der Waals surface area contributed by atoms with Crippen LogP contribution >= 0.6 is 34.5 Å². The van der Waals surface area contributed by atoms with Crippen molar-refractivity contribution in [1.29, 1.82) is 0 Å². The predicted molar refractivity (Wildman–Crippen MR) is 126 cm³/mol. The van der Waals surface area contributed by atoms with Gasteiger partial charge in [0.25, 0.3) is 5.91 Å². The molecule has 0 spiro atoms. The lowest BCUT2D eigenvalue weighted by molar-refractivity contribution is -0.119. The topological polar surface area (TPSA) is 70.7 Å². The molecule has 2 saturated heterocycles. The van der Waals surface area contributed by atoms with E-state index in [9.17, 15) is 9.59 Å². The van der Waals surface area contributed by atoms with Crippen molar-refractivity contribution >= 4 is 57.7 Å². The molecule has 3 fully saturated rings.